The molecule has 0 heterocycles. The van der Waals surface area contributed by atoms with Gasteiger partial charge in [-0.1, -0.05) is 32.0 Å². The SMILES string of the molecule is Cc1ccc(C(C)C)cc1OCC(=O)Nc1cccc(F)c1. The molecular formula is C18H20FNO2. The van der Waals surface area contributed by atoms with E-state index in [4.69, 9.17) is 4.74 Å². The summed E-state index contributed by atoms with van der Waals surface area (Å²) in [5.41, 5.74) is 2.55. The molecule has 0 aliphatic heterocycles. The van der Waals surface area contributed by atoms with E-state index in [2.05, 4.69) is 25.2 Å². The number of hydrogen-bond acceptors (Lipinski definition) is 2. The van der Waals surface area contributed by atoms with Crippen molar-refractivity contribution in [2.75, 3.05) is 11.9 Å². The Morgan fingerprint density at radius 1 is 1.23 bits per heavy atom. The maximum absolute atomic E-state index is 13.1. The van der Waals surface area contributed by atoms with Gasteiger partial charge in [0, 0.05) is 5.69 Å². The van der Waals surface area contributed by atoms with E-state index < -0.39 is 0 Å². The molecule has 0 radical (unpaired) electrons. The highest BCUT2D eigenvalue weighted by Gasteiger charge is 2.08. The second-order valence-corrected chi connectivity index (χ2v) is 5.53. The van der Waals surface area contributed by atoms with Gasteiger partial charge in [0.1, 0.15) is 11.6 Å². The predicted molar refractivity (Wildman–Crippen MR) is 85.8 cm³/mol. The fourth-order valence-electron chi connectivity index (χ4n) is 2.04. The van der Waals surface area contributed by atoms with Crippen molar-refractivity contribution in [3.8, 4) is 5.75 Å². The number of benzene rings is 2. The van der Waals surface area contributed by atoms with Crippen molar-refractivity contribution in [3.63, 3.8) is 0 Å². The van der Waals surface area contributed by atoms with Gasteiger partial charge in [-0.25, -0.2) is 4.39 Å². The molecule has 2 rings (SSSR count). The zero-order valence-electron chi connectivity index (χ0n) is 13.0. The third-order valence-corrected chi connectivity index (χ3v) is 3.35. The van der Waals surface area contributed by atoms with Crippen LogP contribution in [0.1, 0.15) is 30.9 Å². The fraction of sp³-hybridized carbons (Fsp3) is 0.278. The monoisotopic (exact) mass is 301 g/mol. The summed E-state index contributed by atoms with van der Waals surface area (Å²) in [5, 5.41) is 2.61. The van der Waals surface area contributed by atoms with E-state index in [1.165, 1.54) is 12.1 Å². The van der Waals surface area contributed by atoms with Gasteiger partial charge in [-0.2, -0.15) is 0 Å². The molecule has 1 amide bonds. The third kappa shape index (κ3) is 4.32. The lowest BCUT2D eigenvalue weighted by Crippen LogP contribution is -2.20. The van der Waals surface area contributed by atoms with Crippen molar-refractivity contribution in [1.82, 2.24) is 0 Å². The van der Waals surface area contributed by atoms with Crippen LogP contribution in [0.4, 0.5) is 10.1 Å². The second kappa shape index (κ2) is 7.07. The lowest BCUT2D eigenvalue weighted by atomic mass is 10.0. The summed E-state index contributed by atoms with van der Waals surface area (Å²) in [6, 6.07) is 11.8. The molecule has 0 aromatic heterocycles. The van der Waals surface area contributed by atoms with Gasteiger partial charge in [0.25, 0.3) is 5.91 Å². The molecule has 2 aromatic rings. The number of ether oxygens (including phenoxy) is 1. The lowest BCUT2D eigenvalue weighted by molar-refractivity contribution is -0.118. The number of rotatable bonds is 5. The van der Waals surface area contributed by atoms with Crippen LogP contribution in [0.3, 0.4) is 0 Å². The minimum atomic E-state index is -0.390. The average molecular weight is 301 g/mol. The van der Waals surface area contributed by atoms with Gasteiger partial charge in [-0.3, -0.25) is 4.79 Å². The van der Waals surface area contributed by atoms with Crippen LogP contribution in [0.15, 0.2) is 42.5 Å². The van der Waals surface area contributed by atoms with Gasteiger partial charge in [0.15, 0.2) is 6.61 Å². The molecule has 3 nitrogen and oxygen atoms in total. The number of carbonyl (C=O) groups is 1. The number of amides is 1. The van der Waals surface area contributed by atoms with Gasteiger partial charge < -0.3 is 10.1 Å². The Morgan fingerprint density at radius 3 is 2.68 bits per heavy atom. The smallest absolute Gasteiger partial charge is 0.262 e. The number of hydrogen-bond donors (Lipinski definition) is 1. The Bertz CT molecular complexity index is 668. The Kier molecular flexibility index (Phi) is 5.15. The highest BCUT2D eigenvalue weighted by Crippen LogP contribution is 2.24. The van der Waals surface area contributed by atoms with Crippen molar-refractivity contribution in [2.45, 2.75) is 26.7 Å². The Labute approximate surface area is 130 Å². The van der Waals surface area contributed by atoms with Crippen LogP contribution in [-0.2, 0) is 4.79 Å². The molecule has 0 aliphatic carbocycles. The maximum Gasteiger partial charge on any atom is 0.262 e. The number of nitrogens with one attached hydrogen (secondary N) is 1. The summed E-state index contributed by atoms with van der Waals surface area (Å²) in [5.74, 6) is 0.379. The summed E-state index contributed by atoms with van der Waals surface area (Å²) in [6.07, 6.45) is 0. The van der Waals surface area contributed by atoms with Crippen LogP contribution in [0.5, 0.6) is 5.75 Å². The molecule has 0 spiro atoms. The minimum Gasteiger partial charge on any atom is -0.483 e. The molecular weight excluding hydrogens is 281 g/mol. The number of aryl methyl sites for hydroxylation is 1. The topological polar surface area (TPSA) is 38.3 Å². The molecule has 0 bridgehead atoms. The maximum atomic E-state index is 13.1. The number of halogens is 1. The highest BCUT2D eigenvalue weighted by molar-refractivity contribution is 5.91. The average Bonchev–Trinajstić information content (AvgIpc) is 2.46. The highest BCUT2D eigenvalue weighted by atomic mass is 19.1. The van der Waals surface area contributed by atoms with E-state index >= 15 is 0 Å². The third-order valence-electron chi connectivity index (χ3n) is 3.35. The zero-order chi connectivity index (χ0) is 16.1. The molecule has 0 aliphatic rings. The first kappa shape index (κ1) is 16.0. The minimum absolute atomic E-state index is 0.112. The summed E-state index contributed by atoms with van der Waals surface area (Å²) < 4.78 is 18.6. The van der Waals surface area contributed by atoms with Gasteiger partial charge in [0.05, 0.1) is 0 Å². The van der Waals surface area contributed by atoms with E-state index in [-0.39, 0.29) is 18.3 Å². The van der Waals surface area contributed by atoms with Crippen LogP contribution in [0.25, 0.3) is 0 Å². The lowest BCUT2D eigenvalue weighted by Gasteiger charge is -2.13. The van der Waals surface area contributed by atoms with Crippen LogP contribution >= 0.6 is 0 Å². The number of carbonyl (C=O) groups excluding carboxylic acids is 1. The first-order valence-corrected chi connectivity index (χ1v) is 7.24. The summed E-state index contributed by atoms with van der Waals surface area (Å²) in [4.78, 5) is 11.9. The van der Waals surface area contributed by atoms with E-state index in [9.17, 15) is 9.18 Å². The molecule has 116 valence electrons. The molecule has 22 heavy (non-hydrogen) atoms. The Morgan fingerprint density at radius 2 is 2.00 bits per heavy atom. The first-order valence-electron chi connectivity index (χ1n) is 7.24. The van der Waals surface area contributed by atoms with Gasteiger partial charge in [0.2, 0.25) is 0 Å². The van der Waals surface area contributed by atoms with Crippen molar-refractivity contribution < 1.29 is 13.9 Å². The van der Waals surface area contributed by atoms with Crippen molar-refractivity contribution in [3.05, 3.63) is 59.4 Å². The van der Waals surface area contributed by atoms with Gasteiger partial charge >= 0.3 is 0 Å². The largest absolute Gasteiger partial charge is 0.483 e. The Hall–Kier alpha value is -2.36. The molecule has 0 unspecified atom stereocenters. The Balaban J connectivity index is 1.97. The number of anilines is 1. The van der Waals surface area contributed by atoms with Crippen molar-refractivity contribution in [2.24, 2.45) is 0 Å². The standard InChI is InChI=1S/C18H20FNO2/c1-12(2)14-8-7-13(3)17(9-14)22-11-18(21)20-16-6-4-5-15(19)10-16/h4-10,12H,11H2,1-3H3,(H,20,21). The van der Waals surface area contributed by atoms with E-state index in [0.29, 0.717) is 17.4 Å². The molecule has 0 atom stereocenters. The zero-order valence-corrected chi connectivity index (χ0v) is 13.0. The first-order chi connectivity index (χ1) is 10.5. The molecule has 1 N–H and O–H groups in total. The second-order valence-electron chi connectivity index (χ2n) is 5.53. The molecule has 0 fully saturated rings. The summed E-state index contributed by atoms with van der Waals surface area (Å²) in [7, 11) is 0. The predicted octanol–water partition coefficient (Wildman–Crippen LogP) is 4.28. The fourth-order valence-corrected chi connectivity index (χ4v) is 2.04. The molecule has 0 saturated heterocycles. The van der Waals surface area contributed by atoms with Gasteiger partial charge in [-0.15, -0.1) is 0 Å². The molecule has 2 aromatic carbocycles. The van der Waals surface area contributed by atoms with E-state index in [1.54, 1.807) is 12.1 Å². The molecule has 0 saturated carbocycles. The summed E-state index contributed by atoms with van der Waals surface area (Å²) >= 11 is 0. The van der Waals surface area contributed by atoms with E-state index in [1.807, 2.05) is 19.1 Å². The van der Waals surface area contributed by atoms with Crippen LogP contribution in [0, 0.1) is 12.7 Å². The van der Waals surface area contributed by atoms with Crippen LogP contribution < -0.4 is 10.1 Å². The van der Waals surface area contributed by atoms with Gasteiger partial charge in [-0.05, 0) is 48.2 Å². The van der Waals surface area contributed by atoms with Crippen LogP contribution in [-0.4, -0.2) is 12.5 Å². The summed E-state index contributed by atoms with van der Waals surface area (Å²) in [6.45, 7) is 6.03. The molecule has 4 heteroatoms. The van der Waals surface area contributed by atoms with Crippen LogP contribution in [0.2, 0.25) is 0 Å². The normalized spacial score (nSPS) is 10.6. The quantitative estimate of drug-likeness (QED) is 0.895. The van der Waals surface area contributed by atoms with Crippen molar-refractivity contribution in [1.29, 1.82) is 0 Å². The van der Waals surface area contributed by atoms with E-state index in [0.717, 1.165) is 11.1 Å². The van der Waals surface area contributed by atoms with Crippen molar-refractivity contribution >= 4 is 11.6 Å².